The number of aromatic nitrogens is 2. The van der Waals surface area contributed by atoms with Crippen molar-refractivity contribution in [1.29, 1.82) is 0 Å². The molecule has 0 unspecified atom stereocenters. The lowest BCUT2D eigenvalue weighted by Crippen LogP contribution is -2.09. The topological polar surface area (TPSA) is 43.8 Å². The molecule has 0 aliphatic heterocycles. The monoisotopic (exact) mass is 229 g/mol. The molecular formula is C14H19N3. The molecule has 3 nitrogen and oxygen atoms in total. The van der Waals surface area contributed by atoms with Crippen molar-refractivity contribution in [3.63, 3.8) is 0 Å². The van der Waals surface area contributed by atoms with E-state index in [1.807, 2.05) is 10.7 Å². The molecule has 0 radical (unpaired) electrons. The predicted molar refractivity (Wildman–Crippen MR) is 71.7 cm³/mol. The van der Waals surface area contributed by atoms with Crippen molar-refractivity contribution < 1.29 is 0 Å². The molecule has 1 heterocycles. The fraction of sp³-hybridized carbons (Fsp3) is 0.357. The number of anilines is 1. The average Bonchev–Trinajstić information content (AvgIpc) is 2.60. The maximum atomic E-state index is 5.96. The van der Waals surface area contributed by atoms with E-state index >= 15 is 0 Å². The molecule has 2 aromatic rings. The van der Waals surface area contributed by atoms with Crippen LogP contribution < -0.4 is 5.73 Å². The maximum absolute atomic E-state index is 5.96. The Morgan fingerprint density at radius 3 is 2.47 bits per heavy atom. The zero-order valence-corrected chi connectivity index (χ0v) is 10.6. The van der Waals surface area contributed by atoms with E-state index in [9.17, 15) is 0 Å². The molecule has 0 amide bonds. The Morgan fingerprint density at radius 1 is 1.24 bits per heavy atom. The lowest BCUT2D eigenvalue weighted by atomic mass is 10.1. The highest BCUT2D eigenvalue weighted by Crippen LogP contribution is 2.21. The first-order chi connectivity index (χ1) is 8.06. The summed E-state index contributed by atoms with van der Waals surface area (Å²) in [6.07, 6.45) is 0. The lowest BCUT2D eigenvalue weighted by molar-refractivity contribution is 0.489. The molecule has 90 valence electrons. The second-order valence-corrected chi connectivity index (χ2v) is 4.90. The summed E-state index contributed by atoms with van der Waals surface area (Å²) in [6.45, 7) is 7.26. The molecule has 2 N–H and O–H groups in total. The first kappa shape index (κ1) is 11.7. The highest BCUT2D eigenvalue weighted by molar-refractivity contribution is 5.62. The number of aryl methyl sites for hydroxylation is 1. The first-order valence-corrected chi connectivity index (χ1v) is 5.96. The molecule has 1 aromatic heterocycles. The Kier molecular flexibility index (Phi) is 3.18. The molecule has 1 aromatic carbocycles. The van der Waals surface area contributed by atoms with E-state index in [0.717, 1.165) is 23.6 Å². The van der Waals surface area contributed by atoms with E-state index in [1.165, 1.54) is 5.56 Å². The van der Waals surface area contributed by atoms with E-state index in [1.54, 1.807) is 0 Å². The van der Waals surface area contributed by atoms with Gasteiger partial charge in [0.2, 0.25) is 0 Å². The largest absolute Gasteiger partial charge is 0.384 e. The van der Waals surface area contributed by atoms with Crippen molar-refractivity contribution in [3.8, 4) is 11.3 Å². The number of benzene rings is 1. The summed E-state index contributed by atoms with van der Waals surface area (Å²) in [5.74, 6) is 1.28. The summed E-state index contributed by atoms with van der Waals surface area (Å²) in [5.41, 5.74) is 9.27. The second kappa shape index (κ2) is 4.62. The van der Waals surface area contributed by atoms with Gasteiger partial charge >= 0.3 is 0 Å². The molecule has 2 rings (SSSR count). The van der Waals surface area contributed by atoms with Crippen LogP contribution in [0, 0.1) is 12.8 Å². The van der Waals surface area contributed by atoms with Crippen LogP contribution in [0.15, 0.2) is 30.3 Å². The van der Waals surface area contributed by atoms with Gasteiger partial charge in [0.05, 0.1) is 5.69 Å². The summed E-state index contributed by atoms with van der Waals surface area (Å²) >= 11 is 0. The Labute approximate surface area is 102 Å². The third-order valence-electron chi connectivity index (χ3n) is 2.70. The van der Waals surface area contributed by atoms with Crippen molar-refractivity contribution in [1.82, 2.24) is 9.78 Å². The van der Waals surface area contributed by atoms with Crippen molar-refractivity contribution in [3.05, 3.63) is 35.9 Å². The minimum atomic E-state index is 0.545. The standard InChI is InChI=1S/C14H19N3/c1-10(2)9-17-14(15)8-13(16-17)12-6-4-11(3)5-7-12/h4-8,10H,9,15H2,1-3H3. The Balaban J connectivity index is 2.31. The van der Waals surface area contributed by atoms with E-state index in [2.05, 4.69) is 50.1 Å². The molecule has 0 atom stereocenters. The van der Waals surface area contributed by atoms with Crippen molar-refractivity contribution >= 4 is 5.82 Å². The van der Waals surface area contributed by atoms with Gasteiger partial charge in [-0.3, -0.25) is 0 Å². The van der Waals surface area contributed by atoms with Crippen LogP contribution in [0.5, 0.6) is 0 Å². The van der Waals surface area contributed by atoms with Crippen molar-refractivity contribution in [2.45, 2.75) is 27.3 Å². The molecule has 0 fully saturated rings. The maximum Gasteiger partial charge on any atom is 0.122 e. The van der Waals surface area contributed by atoms with Crippen LogP contribution in [0.2, 0.25) is 0 Å². The minimum absolute atomic E-state index is 0.545. The van der Waals surface area contributed by atoms with Crippen LogP contribution in [0.25, 0.3) is 11.3 Å². The van der Waals surface area contributed by atoms with E-state index in [-0.39, 0.29) is 0 Å². The zero-order valence-electron chi connectivity index (χ0n) is 10.6. The normalized spacial score (nSPS) is 11.1. The smallest absolute Gasteiger partial charge is 0.122 e. The van der Waals surface area contributed by atoms with Crippen LogP contribution in [-0.2, 0) is 6.54 Å². The van der Waals surface area contributed by atoms with Gasteiger partial charge < -0.3 is 5.73 Å². The van der Waals surface area contributed by atoms with E-state index in [4.69, 9.17) is 5.73 Å². The highest BCUT2D eigenvalue weighted by atomic mass is 15.3. The third kappa shape index (κ3) is 2.67. The zero-order chi connectivity index (χ0) is 12.4. The quantitative estimate of drug-likeness (QED) is 0.879. The SMILES string of the molecule is Cc1ccc(-c2cc(N)n(CC(C)C)n2)cc1. The van der Waals surface area contributed by atoms with Gasteiger partial charge in [-0.1, -0.05) is 43.7 Å². The molecule has 17 heavy (non-hydrogen) atoms. The van der Waals surface area contributed by atoms with Gasteiger partial charge in [0.15, 0.2) is 0 Å². The van der Waals surface area contributed by atoms with Crippen LogP contribution in [0.3, 0.4) is 0 Å². The van der Waals surface area contributed by atoms with E-state index in [0.29, 0.717) is 5.92 Å². The number of rotatable bonds is 3. The van der Waals surface area contributed by atoms with E-state index < -0.39 is 0 Å². The molecule has 0 aliphatic carbocycles. The number of nitrogens with zero attached hydrogens (tertiary/aromatic N) is 2. The van der Waals surface area contributed by atoms with Gasteiger partial charge in [0.1, 0.15) is 5.82 Å². The Hall–Kier alpha value is -1.77. The fourth-order valence-corrected chi connectivity index (χ4v) is 1.79. The van der Waals surface area contributed by atoms with Gasteiger partial charge in [-0.05, 0) is 12.8 Å². The number of nitrogens with two attached hydrogens (primary N) is 1. The third-order valence-corrected chi connectivity index (χ3v) is 2.70. The van der Waals surface area contributed by atoms with Crippen LogP contribution in [0.4, 0.5) is 5.82 Å². The van der Waals surface area contributed by atoms with Gasteiger partial charge in [-0.15, -0.1) is 0 Å². The molecule has 0 saturated carbocycles. The van der Waals surface area contributed by atoms with Crippen molar-refractivity contribution in [2.24, 2.45) is 5.92 Å². The van der Waals surface area contributed by atoms with Crippen LogP contribution >= 0.6 is 0 Å². The minimum Gasteiger partial charge on any atom is -0.384 e. The summed E-state index contributed by atoms with van der Waals surface area (Å²) in [5, 5.41) is 4.54. The van der Waals surface area contributed by atoms with Gasteiger partial charge in [0, 0.05) is 18.2 Å². The Bertz CT molecular complexity index is 495. The van der Waals surface area contributed by atoms with Gasteiger partial charge in [0.25, 0.3) is 0 Å². The summed E-state index contributed by atoms with van der Waals surface area (Å²) in [4.78, 5) is 0. The summed E-state index contributed by atoms with van der Waals surface area (Å²) < 4.78 is 1.87. The molecule has 0 spiro atoms. The number of hydrogen-bond donors (Lipinski definition) is 1. The molecule has 0 bridgehead atoms. The van der Waals surface area contributed by atoms with Crippen molar-refractivity contribution in [2.75, 3.05) is 5.73 Å². The first-order valence-electron chi connectivity index (χ1n) is 5.96. The lowest BCUT2D eigenvalue weighted by Gasteiger charge is -2.06. The highest BCUT2D eigenvalue weighted by Gasteiger charge is 2.07. The summed E-state index contributed by atoms with van der Waals surface area (Å²) in [7, 11) is 0. The van der Waals surface area contributed by atoms with Gasteiger partial charge in [-0.25, -0.2) is 4.68 Å². The second-order valence-electron chi connectivity index (χ2n) is 4.90. The van der Waals surface area contributed by atoms with Crippen LogP contribution in [-0.4, -0.2) is 9.78 Å². The average molecular weight is 229 g/mol. The predicted octanol–water partition coefficient (Wildman–Crippen LogP) is 3.10. The van der Waals surface area contributed by atoms with Gasteiger partial charge in [-0.2, -0.15) is 5.10 Å². The van der Waals surface area contributed by atoms with Crippen LogP contribution in [0.1, 0.15) is 19.4 Å². The number of hydrogen-bond acceptors (Lipinski definition) is 2. The summed E-state index contributed by atoms with van der Waals surface area (Å²) in [6, 6.07) is 10.3. The molecular weight excluding hydrogens is 210 g/mol. The fourth-order valence-electron chi connectivity index (χ4n) is 1.79. The molecule has 0 aliphatic rings. The number of nitrogen functional groups attached to an aromatic ring is 1. The Morgan fingerprint density at radius 2 is 1.88 bits per heavy atom. The molecule has 0 saturated heterocycles. The molecule has 3 heteroatoms.